The normalized spacial score (nSPS) is 23.1. The molecule has 0 amide bonds. The number of hydrogen-bond acceptors (Lipinski definition) is 5. The van der Waals surface area contributed by atoms with Gasteiger partial charge in [0.05, 0.1) is 5.54 Å². The van der Waals surface area contributed by atoms with Gasteiger partial charge in [0, 0.05) is 7.11 Å². The van der Waals surface area contributed by atoms with E-state index in [1.807, 2.05) is 20.8 Å². The van der Waals surface area contributed by atoms with Gasteiger partial charge in [0.1, 0.15) is 5.60 Å². The van der Waals surface area contributed by atoms with Crippen molar-refractivity contribution in [3.63, 3.8) is 0 Å². The molecule has 1 aromatic heterocycles. The van der Waals surface area contributed by atoms with Crippen LogP contribution >= 0.6 is 0 Å². The van der Waals surface area contributed by atoms with Crippen LogP contribution in [0.5, 0.6) is 0 Å². The lowest BCUT2D eigenvalue weighted by molar-refractivity contribution is -0.0106. The highest BCUT2D eigenvalue weighted by Gasteiger charge is 2.44. The van der Waals surface area contributed by atoms with E-state index in [9.17, 15) is 0 Å². The molecule has 2 N–H and O–H groups in total. The van der Waals surface area contributed by atoms with Crippen LogP contribution in [0.25, 0.3) is 0 Å². The van der Waals surface area contributed by atoms with Gasteiger partial charge in [0.15, 0.2) is 0 Å². The van der Waals surface area contributed by atoms with Crippen molar-refractivity contribution in [2.45, 2.75) is 51.2 Å². The summed E-state index contributed by atoms with van der Waals surface area (Å²) in [5, 5.41) is 4.02. The predicted molar refractivity (Wildman–Crippen MR) is 63.2 cm³/mol. The van der Waals surface area contributed by atoms with Crippen LogP contribution in [0.1, 0.15) is 51.7 Å². The van der Waals surface area contributed by atoms with Crippen molar-refractivity contribution in [3.05, 3.63) is 11.7 Å². The van der Waals surface area contributed by atoms with E-state index in [4.69, 9.17) is 15.0 Å². The van der Waals surface area contributed by atoms with E-state index in [0.717, 1.165) is 19.3 Å². The molecule has 0 saturated heterocycles. The minimum atomic E-state index is -0.506. The van der Waals surface area contributed by atoms with Gasteiger partial charge in [-0.1, -0.05) is 12.1 Å². The van der Waals surface area contributed by atoms with Crippen LogP contribution in [-0.4, -0.2) is 17.3 Å². The molecular formula is C12H21N3O2. The van der Waals surface area contributed by atoms with Crippen molar-refractivity contribution in [2.24, 2.45) is 11.7 Å². The van der Waals surface area contributed by atoms with Crippen LogP contribution in [0.15, 0.2) is 4.52 Å². The molecule has 2 rings (SSSR count). The van der Waals surface area contributed by atoms with E-state index in [0.29, 0.717) is 17.6 Å². The number of ether oxygens (including phenoxy) is 1. The lowest BCUT2D eigenvalue weighted by atomic mass is 9.97. The molecule has 0 spiro atoms. The summed E-state index contributed by atoms with van der Waals surface area (Å²) in [4.78, 5) is 4.43. The monoisotopic (exact) mass is 239 g/mol. The molecule has 17 heavy (non-hydrogen) atoms. The predicted octanol–water partition coefficient (Wildman–Crippen LogP) is 1.93. The molecule has 0 aliphatic heterocycles. The van der Waals surface area contributed by atoms with Crippen LogP contribution in [0, 0.1) is 5.92 Å². The van der Waals surface area contributed by atoms with E-state index in [2.05, 4.69) is 10.1 Å². The zero-order chi connectivity index (χ0) is 12.7. The number of nitrogens with zero attached hydrogens (tertiary/aromatic N) is 2. The van der Waals surface area contributed by atoms with Crippen molar-refractivity contribution < 1.29 is 9.26 Å². The summed E-state index contributed by atoms with van der Waals surface area (Å²) >= 11 is 0. The average Bonchev–Trinajstić information content (AvgIpc) is 3.06. The average molecular weight is 239 g/mol. The minimum absolute atomic E-state index is 0.464. The Morgan fingerprint density at radius 2 is 2.12 bits per heavy atom. The van der Waals surface area contributed by atoms with Crippen molar-refractivity contribution in [2.75, 3.05) is 7.11 Å². The molecule has 1 aliphatic carbocycles. The second kappa shape index (κ2) is 4.07. The fourth-order valence-corrected chi connectivity index (χ4v) is 1.91. The maximum absolute atomic E-state index is 6.25. The van der Waals surface area contributed by atoms with Crippen LogP contribution in [0.2, 0.25) is 0 Å². The molecule has 5 nitrogen and oxygen atoms in total. The first-order chi connectivity index (χ1) is 7.94. The third-order valence-corrected chi connectivity index (χ3v) is 3.91. The van der Waals surface area contributed by atoms with Gasteiger partial charge in [-0.3, -0.25) is 0 Å². The van der Waals surface area contributed by atoms with E-state index >= 15 is 0 Å². The maximum Gasteiger partial charge on any atom is 0.246 e. The van der Waals surface area contributed by atoms with E-state index in [-0.39, 0.29) is 0 Å². The Morgan fingerprint density at radius 3 is 2.59 bits per heavy atom. The molecular weight excluding hydrogens is 218 g/mol. The first-order valence-corrected chi connectivity index (χ1v) is 6.12. The number of methoxy groups -OCH3 is 1. The van der Waals surface area contributed by atoms with Gasteiger partial charge < -0.3 is 15.0 Å². The Morgan fingerprint density at radius 1 is 1.47 bits per heavy atom. The van der Waals surface area contributed by atoms with Crippen LogP contribution in [-0.2, 0) is 15.9 Å². The van der Waals surface area contributed by atoms with Crippen molar-refractivity contribution in [1.82, 2.24) is 10.1 Å². The largest absolute Gasteiger partial charge is 0.370 e. The highest BCUT2D eigenvalue weighted by molar-refractivity contribution is 5.09. The zero-order valence-electron chi connectivity index (χ0n) is 11.0. The first-order valence-electron chi connectivity index (χ1n) is 6.12. The SMILES string of the molecule is CCC(C)(OC)c1noc(C(C)(N)C2CC2)n1. The summed E-state index contributed by atoms with van der Waals surface area (Å²) in [7, 11) is 1.65. The fourth-order valence-electron chi connectivity index (χ4n) is 1.91. The van der Waals surface area contributed by atoms with Gasteiger partial charge in [-0.25, -0.2) is 0 Å². The molecule has 1 heterocycles. The quantitative estimate of drug-likeness (QED) is 0.849. The second-order valence-corrected chi connectivity index (χ2v) is 5.27. The molecule has 0 bridgehead atoms. The van der Waals surface area contributed by atoms with Gasteiger partial charge in [-0.05, 0) is 39.0 Å². The van der Waals surface area contributed by atoms with Crippen LogP contribution in [0.3, 0.4) is 0 Å². The molecule has 1 fully saturated rings. The number of nitrogens with two attached hydrogens (primary N) is 1. The fraction of sp³-hybridized carbons (Fsp3) is 0.833. The number of hydrogen-bond donors (Lipinski definition) is 1. The van der Waals surface area contributed by atoms with E-state index in [1.165, 1.54) is 0 Å². The van der Waals surface area contributed by atoms with Crippen molar-refractivity contribution >= 4 is 0 Å². The summed E-state index contributed by atoms with van der Waals surface area (Å²) < 4.78 is 10.8. The molecule has 2 unspecified atom stereocenters. The van der Waals surface area contributed by atoms with Gasteiger partial charge in [0.2, 0.25) is 11.7 Å². The lowest BCUT2D eigenvalue weighted by Gasteiger charge is -2.22. The topological polar surface area (TPSA) is 74.2 Å². The number of aromatic nitrogens is 2. The minimum Gasteiger partial charge on any atom is -0.370 e. The summed E-state index contributed by atoms with van der Waals surface area (Å²) in [5.41, 5.74) is 5.24. The van der Waals surface area contributed by atoms with Crippen molar-refractivity contribution in [3.8, 4) is 0 Å². The van der Waals surface area contributed by atoms with Crippen LogP contribution in [0.4, 0.5) is 0 Å². The summed E-state index contributed by atoms with van der Waals surface area (Å²) in [6, 6.07) is 0. The van der Waals surface area contributed by atoms with Gasteiger partial charge in [-0.2, -0.15) is 4.98 Å². The number of rotatable bonds is 5. The molecule has 1 aromatic rings. The Labute approximate surface area is 102 Å². The third-order valence-electron chi connectivity index (χ3n) is 3.91. The molecule has 2 atom stereocenters. The second-order valence-electron chi connectivity index (χ2n) is 5.27. The Hall–Kier alpha value is -0.940. The van der Waals surface area contributed by atoms with Gasteiger partial charge in [-0.15, -0.1) is 0 Å². The first kappa shape index (κ1) is 12.5. The van der Waals surface area contributed by atoms with Crippen LogP contribution < -0.4 is 5.73 Å². The lowest BCUT2D eigenvalue weighted by Crippen LogP contribution is -2.36. The molecule has 96 valence electrons. The zero-order valence-corrected chi connectivity index (χ0v) is 11.0. The van der Waals surface area contributed by atoms with E-state index < -0.39 is 11.1 Å². The molecule has 1 aliphatic rings. The molecule has 0 radical (unpaired) electrons. The van der Waals surface area contributed by atoms with Crippen molar-refractivity contribution in [1.29, 1.82) is 0 Å². The smallest absolute Gasteiger partial charge is 0.246 e. The Bertz CT molecular complexity index is 373. The molecule has 5 heteroatoms. The molecule has 1 saturated carbocycles. The highest BCUT2D eigenvalue weighted by Crippen LogP contribution is 2.43. The van der Waals surface area contributed by atoms with E-state index in [1.54, 1.807) is 7.11 Å². The summed E-state index contributed by atoms with van der Waals surface area (Å²) in [6.07, 6.45) is 3.06. The summed E-state index contributed by atoms with van der Waals surface area (Å²) in [5.74, 6) is 1.56. The Balaban J connectivity index is 2.26. The van der Waals surface area contributed by atoms with Gasteiger partial charge in [0.25, 0.3) is 0 Å². The maximum atomic E-state index is 6.25. The highest BCUT2D eigenvalue weighted by atomic mass is 16.5. The summed E-state index contributed by atoms with van der Waals surface area (Å²) in [6.45, 7) is 5.94. The third kappa shape index (κ3) is 2.09. The Kier molecular flexibility index (Phi) is 2.99. The molecule has 0 aromatic carbocycles. The van der Waals surface area contributed by atoms with Gasteiger partial charge >= 0.3 is 0 Å². The standard InChI is InChI=1S/C12H21N3O2/c1-5-11(2,16-4)9-14-10(17-15-9)12(3,13)8-6-7-8/h8H,5-7,13H2,1-4H3.